The number of nitrogens with zero attached hydrogens (tertiary/aromatic N) is 1. The summed E-state index contributed by atoms with van der Waals surface area (Å²) in [6, 6.07) is 12.2. The van der Waals surface area contributed by atoms with Gasteiger partial charge in [-0.15, -0.1) is 0 Å². The van der Waals surface area contributed by atoms with Crippen molar-refractivity contribution in [1.82, 2.24) is 4.31 Å². The summed E-state index contributed by atoms with van der Waals surface area (Å²) >= 11 is 0. The Morgan fingerprint density at radius 2 is 1.66 bits per heavy atom. The van der Waals surface area contributed by atoms with Gasteiger partial charge in [0.05, 0.1) is 36.9 Å². The standard InChI is InChI=1S/C23H28N2O6S/c1-30-21-11-7-6-10-20(21)24-22(26)16-25(18-8-4-3-5-9-18)32(28,29)19-14-12-17(13-15-19)23(27)31-2/h6-7,10-15,18H,3-5,8-9,16H2,1-2H3,(H,24,26). The third-order valence-corrected chi connectivity index (χ3v) is 7.46. The van der Waals surface area contributed by atoms with Crippen molar-refractivity contribution in [3.63, 3.8) is 0 Å². The van der Waals surface area contributed by atoms with Crippen LogP contribution in [0.25, 0.3) is 0 Å². The molecule has 0 spiro atoms. The number of carbonyl (C=O) groups excluding carboxylic acids is 2. The third-order valence-electron chi connectivity index (χ3n) is 5.54. The van der Waals surface area contributed by atoms with Crippen LogP contribution in [0.15, 0.2) is 53.4 Å². The third kappa shape index (κ3) is 5.46. The zero-order valence-corrected chi connectivity index (χ0v) is 19.1. The minimum atomic E-state index is -3.96. The molecule has 8 nitrogen and oxygen atoms in total. The van der Waals surface area contributed by atoms with E-state index in [1.165, 1.54) is 42.8 Å². The first kappa shape index (κ1) is 23.7. The molecule has 2 aromatic carbocycles. The average Bonchev–Trinajstić information content (AvgIpc) is 2.83. The van der Waals surface area contributed by atoms with Gasteiger partial charge in [0.2, 0.25) is 15.9 Å². The Morgan fingerprint density at radius 3 is 2.28 bits per heavy atom. The maximum Gasteiger partial charge on any atom is 0.337 e. The second-order valence-corrected chi connectivity index (χ2v) is 9.50. The number of carbonyl (C=O) groups is 2. The summed E-state index contributed by atoms with van der Waals surface area (Å²) in [5.74, 6) is -0.504. The van der Waals surface area contributed by atoms with E-state index in [4.69, 9.17) is 4.74 Å². The molecule has 0 unspecified atom stereocenters. The molecule has 1 fully saturated rings. The van der Waals surface area contributed by atoms with E-state index in [9.17, 15) is 18.0 Å². The van der Waals surface area contributed by atoms with Crippen LogP contribution in [0.2, 0.25) is 0 Å². The van der Waals surface area contributed by atoms with E-state index in [1.54, 1.807) is 24.3 Å². The number of rotatable bonds is 8. The maximum absolute atomic E-state index is 13.5. The number of sulfonamides is 1. The van der Waals surface area contributed by atoms with Crippen molar-refractivity contribution in [2.45, 2.75) is 43.0 Å². The molecule has 0 saturated heterocycles. The highest BCUT2D eigenvalue weighted by molar-refractivity contribution is 7.89. The largest absolute Gasteiger partial charge is 0.495 e. The Kier molecular flexibility index (Phi) is 7.87. The predicted octanol–water partition coefficient (Wildman–Crippen LogP) is 3.44. The molecule has 0 aliphatic heterocycles. The number of ether oxygens (including phenoxy) is 2. The van der Waals surface area contributed by atoms with Crippen LogP contribution in [-0.4, -0.2) is 51.4 Å². The van der Waals surface area contributed by atoms with Crippen molar-refractivity contribution in [1.29, 1.82) is 0 Å². The number of anilines is 1. The summed E-state index contributed by atoms with van der Waals surface area (Å²) in [5, 5.41) is 2.75. The fourth-order valence-corrected chi connectivity index (χ4v) is 5.52. The number of benzene rings is 2. The van der Waals surface area contributed by atoms with Gasteiger partial charge in [0.1, 0.15) is 5.75 Å². The number of esters is 1. The van der Waals surface area contributed by atoms with Crippen molar-refractivity contribution in [2.24, 2.45) is 0 Å². The van der Waals surface area contributed by atoms with Crippen LogP contribution in [0.5, 0.6) is 5.75 Å². The molecular weight excluding hydrogens is 432 g/mol. The van der Waals surface area contributed by atoms with Gasteiger partial charge < -0.3 is 14.8 Å². The van der Waals surface area contributed by atoms with Gasteiger partial charge in [-0.3, -0.25) is 4.79 Å². The molecule has 0 radical (unpaired) electrons. The van der Waals surface area contributed by atoms with Crippen LogP contribution >= 0.6 is 0 Å². The fourth-order valence-electron chi connectivity index (χ4n) is 3.87. The zero-order valence-electron chi connectivity index (χ0n) is 18.2. The van der Waals surface area contributed by atoms with Crippen LogP contribution < -0.4 is 10.1 Å². The van der Waals surface area contributed by atoms with Gasteiger partial charge in [-0.1, -0.05) is 31.4 Å². The highest BCUT2D eigenvalue weighted by Gasteiger charge is 2.34. The van der Waals surface area contributed by atoms with Gasteiger partial charge in [-0.05, 0) is 49.2 Å². The van der Waals surface area contributed by atoms with Gasteiger partial charge in [-0.25, -0.2) is 13.2 Å². The second-order valence-electron chi connectivity index (χ2n) is 7.61. The van der Waals surface area contributed by atoms with Gasteiger partial charge in [0, 0.05) is 6.04 Å². The number of hydrogen-bond acceptors (Lipinski definition) is 6. The number of methoxy groups -OCH3 is 2. The number of para-hydroxylation sites is 2. The minimum absolute atomic E-state index is 0.0285. The lowest BCUT2D eigenvalue weighted by Crippen LogP contribution is -2.45. The smallest absolute Gasteiger partial charge is 0.337 e. The van der Waals surface area contributed by atoms with E-state index in [-0.39, 0.29) is 23.0 Å². The highest BCUT2D eigenvalue weighted by Crippen LogP contribution is 2.29. The second kappa shape index (κ2) is 10.6. The number of nitrogens with one attached hydrogen (secondary N) is 1. The molecular formula is C23H28N2O6S. The maximum atomic E-state index is 13.5. The Bertz CT molecular complexity index is 1050. The quantitative estimate of drug-likeness (QED) is 0.606. The number of amides is 1. The lowest BCUT2D eigenvalue weighted by Gasteiger charge is -2.33. The summed E-state index contributed by atoms with van der Waals surface area (Å²) in [4.78, 5) is 24.6. The average molecular weight is 461 g/mol. The molecule has 0 heterocycles. The van der Waals surface area contributed by atoms with E-state index < -0.39 is 21.9 Å². The van der Waals surface area contributed by atoms with Crippen molar-refractivity contribution in [2.75, 3.05) is 26.1 Å². The Hall–Kier alpha value is -2.91. The Labute approximate surface area is 188 Å². The van der Waals surface area contributed by atoms with Gasteiger partial charge in [0.15, 0.2) is 0 Å². The van der Waals surface area contributed by atoms with E-state index in [1.807, 2.05) is 0 Å². The molecule has 1 aliphatic rings. The SMILES string of the molecule is COC(=O)c1ccc(S(=O)(=O)N(CC(=O)Nc2ccccc2OC)C2CCCCC2)cc1. The zero-order chi connectivity index (χ0) is 23.1. The Morgan fingerprint density at radius 1 is 1.00 bits per heavy atom. The molecule has 0 atom stereocenters. The van der Waals surface area contributed by atoms with Crippen molar-refractivity contribution in [3.8, 4) is 5.75 Å². The summed E-state index contributed by atoms with van der Waals surface area (Å²) in [6.07, 6.45) is 4.26. The minimum Gasteiger partial charge on any atom is -0.495 e. The molecule has 1 aliphatic carbocycles. The lowest BCUT2D eigenvalue weighted by atomic mass is 9.95. The molecule has 0 aromatic heterocycles. The Balaban J connectivity index is 1.86. The summed E-state index contributed by atoms with van der Waals surface area (Å²) in [6.45, 7) is -0.316. The van der Waals surface area contributed by atoms with Crippen molar-refractivity contribution in [3.05, 3.63) is 54.1 Å². The van der Waals surface area contributed by atoms with Crippen LogP contribution in [0, 0.1) is 0 Å². The van der Waals surface area contributed by atoms with E-state index in [0.717, 1.165) is 19.3 Å². The monoisotopic (exact) mass is 460 g/mol. The lowest BCUT2D eigenvalue weighted by molar-refractivity contribution is -0.116. The van der Waals surface area contributed by atoms with Crippen LogP contribution in [0.4, 0.5) is 5.69 Å². The first-order valence-corrected chi connectivity index (χ1v) is 11.9. The summed E-state index contributed by atoms with van der Waals surface area (Å²) in [7, 11) is -1.20. The summed E-state index contributed by atoms with van der Waals surface area (Å²) < 4.78 is 38.2. The molecule has 3 rings (SSSR count). The summed E-state index contributed by atoms with van der Waals surface area (Å²) in [5.41, 5.74) is 0.730. The molecule has 1 N–H and O–H groups in total. The van der Waals surface area contributed by atoms with Gasteiger partial charge in [0.25, 0.3) is 0 Å². The van der Waals surface area contributed by atoms with Crippen LogP contribution in [0.3, 0.4) is 0 Å². The van der Waals surface area contributed by atoms with E-state index in [0.29, 0.717) is 24.3 Å². The van der Waals surface area contributed by atoms with Crippen molar-refractivity contribution >= 4 is 27.6 Å². The molecule has 1 saturated carbocycles. The highest BCUT2D eigenvalue weighted by atomic mass is 32.2. The first-order valence-electron chi connectivity index (χ1n) is 10.5. The van der Waals surface area contributed by atoms with Gasteiger partial charge in [-0.2, -0.15) is 4.31 Å². The molecule has 1 amide bonds. The number of hydrogen-bond donors (Lipinski definition) is 1. The van der Waals surface area contributed by atoms with Crippen molar-refractivity contribution < 1.29 is 27.5 Å². The topological polar surface area (TPSA) is 102 Å². The van der Waals surface area contributed by atoms with E-state index >= 15 is 0 Å². The van der Waals surface area contributed by atoms with Gasteiger partial charge >= 0.3 is 5.97 Å². The van der Waals surface area contributed by atoms with Crippen LogP contribution in [0.1, 0.15) is 42.5 Å². The van der Waals surface area contributed by atoms with Crippen LogP contribution in [-0.2, 0) is 19.6 Å². The van der Waals surface area contributed by atoms with E-state index in [2.05, 4.69) is 10.1 Å². The molecule has 9 heteroatoms. The molecule has 32 heavy (non-hydrogen) atoms. The predicted molar refractivity (Wildman–Crippen MR) is 120 cm³/mol. The fraction of sp³-hybridized carbons (Fsp3) is 0.391. The molecule has 0 bridgehead atoms. The normalized spacial score (nSPS) is 14.7. The first-order chi connectivity index (χ1) is 15.4. The molecule has 2 aromatic rings. The molecule has 172 valence electrons.